The molecule has 0 aliphatic carbocycles. The van der Waals surface area contributed by atoms with Crippen molar-refractivity contribution in [2.45, 2.75) is 19.3 Å². The topological polar surface area (TPSA) is 61.8 Å². The van der Waals surface area contributed by atoms with E-state index < -0.39 is 21.4 Å². The first-order valence-corrected chi connectivity index (χ1v) is 23.2. The van der Waals surface area contributed by atoms with Gasteiger partial charge in [0.25, 0.3) is 16.0 Å². The van der Waals surface area contributed by atoms with Crippen LogP contribution in [0, 0.1) is 0 Å². The van der Waals surface area contributed by atoms with Crippen LogP contribution in [0.25, 0.3) is 97.6 Å². The molecule has 2 aromatic heterocycles. The van der Waals surface area contributed by atoms with Crippen molar-refractivity contribution in [1.82, 2.24) is 0 Å². The zero-order valence-electron chi connectivity index (χ0n) is 33.8. The molecule has 0 spiro atoms. The molecule has 1 aliphatic rings. The van der Waals surface area contributed by atoms with Gasteiger partial charge in [-0.05, 0) is 91.6 Å². The van der Waals surface area contributed by atoms with Crippen LogP contribution in [0.2, 0.25) is 0 Å². The van der Waals surface area contributed by atoms with Crippen LogP contribution >= 0.6 is 16.0 Å². The van der Waals surface area contributed by atoms with Gasteiger partial charge < -0.3 is 21.5 Å². The highest BCUT2D eigenvalue weighted by atomic mass is 31.1. The molecule has 0 atom stereocenters. The van der Waals surface area contributed by atoms with E-state index in [1.807, 2.05) is 12.1 Å². The third-order valence-electron chi connectivity index (χ3n) is 12.7. The van der Waals surface area contributed by atoms with E-state index in [0.717, 1.165) is 120 Å². The van der Waals surface area contributed by atoms with E-state index in [2.05, 4.69) is 184 Å². The molecule has 0 unspecified atom stereocenters. The standard InChI is InChI=1S/C55H36O5P2/c1-55(2)53-45(21-11-23-47(53)61-57-41-29-25-33-13-3-7-17-37(33)49(41)50-38-18-8-4-14-34(38)26-30-42(50)58-61)56-46-22-12-24-48(54(46)55)62-59-43-31-27-35-15-5-9-19-39(35)51(43)52-40-20-10-6-16-36(40)28-32-44(52)60-62/h3-32H,1-2H3. The van der Waals surface area contributed by atoms with E-state index in [-0.39, 0.29) is 0 Å². The number of fused-ring (bicyclic) bond motifs is 16. The Hall–Kier alpha value is -7.16. The first-order chi connectivity index (χ1) is 30.5. The van der Waals surface area contributed by atoms with E-state index in [1.54, 1.807) is 0 Å². The Kier molecular flexibility index (Phi) is 7.70. The van der Waals surface area contributed by atoms with Gasteiger partial charge in [-0.1, -0.05) is 147 Å². The van der Waals surface area contributed by atoms with Crippen LogP contribution in [0.1, 0.15) is 25.0 Å². The van der Waals surface area contributed by atoms with Crippen molar-refractivity contribution >= 4 is 103 Å². The molecular formula is C55H36O5P2. The molecule has 5 nitrogen and oxygen atoms in total. The lowest BCUT2D eigenvalue weighted by atomic mass is 9.75. The summed E-state index contributed by atoms with van der Waals surface area (Å²) >= 11 is 0. The van der Waals surface area contributed by atoms with Crippen molar-refractivity contribution in [2.75, 3.05) is 0 Å². The fraction of sp³-hybridized carbons (Fsp3) is 0.0545. The molecule has 10 aromatic carbocycles. The quantitative estimate of drug-likeness (QED) is 0.174. The highest BCUT2D eigenvalue weighted by molar-refractivity contribution is 7.46. The zero-order chi connectivity index (χ0) is 41.1. The van der Waals surface area contributed by atoms with Gasteiger partial charge in [-0.25, -0.2) is 0 Å². The molecule has 0 N–H and O–H groups in total. The Morgan fingerprint density at radius 3 is 0.952 bits per heavy atom. The van der Waals surface area contributed by atoms with Crippen LogP contribution in [-0.2, 0) is 5.41 Å². The molecule has 0 saturated carbocycles. The van der Waals surface area contributed by atoms with Gasteiger partial charge in [0.1, 0.15) is 33.8 Å². The number of hydrogen-bond donors (Lipinski definition) is 0. The molecule has 3 heterocycles. The van der Waals surface area contributed by atoms with Gasteiger partial charge in [0.15, 0.2) is 0 Å². The lowest BCUT2D eigenvalue weighted by molar-refractivity contribution is 0.420. The number of rotatable bonds is 2. The summed E-state index contributed by atoms with van der Waals surface area (Å²) in [6.07, 6.45) is 0. The van der Waals surface area contributed by atoms with E-state index >= 15 is 0 Å². The molecule has 7 heteroatoms. The van der Waals surface area contributed by atoms with Crippen molar-refractivity contribution in [3.8, 4) is 22.1 Å². The third kappa shape index (κ3) is 5.23. The minimum absolute atomic E-state index is 0.602. The monoisotopic (exact) mass is 838 g/mol. The number of ether oxygens (including phenoxy) is 1. The highest BCUT2D eigenvalue weighted by Crippen LogP contribution is 2.60. The molecule has 12 aromatic rings. The van der Waals surface area contributed by atoms with Crippen LogP contribution in [0.3, 0.4) is 0 Å². The number of hydrogen-bond acceptors (Lipinski definition) is 5. The molecule has 0 bridgehead atoms. The van der Waals surface area contributed by atoms with Gasteiger partial charge in [0, 0.05) is 38.1 Å². The van der Waals surface area contributed by atoms with Gasteiger partial charge in [0.2, 0.25) is 0 Å². The normalized spacial score (nSPS) is 13.3. The summed E-state index contributed by atoms with van der Waals surface area (Å²) in [4.78, 5) is 0. The minimum Gasteiger partial charge on any atom is -0.457 e. The van der Waals surface area contributed by atoms with Crippen molar-refractivity contribution in [3.63, 3.8) is 0 Å². The maximum Gasteiger partial charge on any atom is 0.253 e. The summed E-state index contributed by atoms with van der Waals surface area (Å²) in [5, 5.41) is 15.1. The van der Waals surface area contributed by atoms with E-state index in [1.165, 1.54) is 0 Å². The Labute approximate surface area is 357 Å². The third-order valence-corrected chi connectivity index (χ3v) is 15.6. The predicted molar refractivity (Wildman–Crippen MR) is 258 cm³/mol. The Bertz CT molecular complexity index is 3500. The molecule has 0 radical (unpaired) electrons. The van der Waals surface area contributed by atoms with E-state index in [4.69, 9.17) is 21.5 Å². The van der Waals surface area contributed by atoms with Crippen LogP contribution in [0.4, 0.5) is 0 Å². The lowest BCUT2D eigenvalue weighted by Gasteiger charge is -2.36. The summed E-state index contributed by atoms with van der Waals surface area (Å²) in [7, 11) is -3.42. The highest BCUT2D eigenvalue weighted by Gasteiger charge is 2.40. The molecule has 0 fully saturated rings. The van der Waals surface area contributed by atoms with Crippen molar-refractivity contribution in [2.24, 2.45) is 0 Å². The van der Waals surface area contributed by atoms with Crippen LogP contribution in [0.15, 0.2) is 199 Å². The minimum atomic E-state index is -1.71. The average molecular weight is 839 g/mol. The Balaban J connectivity index is 1.08. The molecule has 13 rings (SSSR count). The second-order valence-corrected chi connectivity index (χ2v) is 19.3. The van der Waals surface area contributed by atoms with Crippen molar-refractivity contribution in [1.29, 1.82) is 0 Å². The molecule has 1 aliphatic heterocycles. The van der Waals surface area contributed by atoms with Gasteiger partial charge >= 0.3 is 0 Å². The fourth-order valence-electron chi connectivity index (χ4n) is 9.95. The summed E-state index contributed by atoms with van der Waals surface area (Å²) in [5.41, 5.74) is 4.59. The summed E-state index contributed by atoms with van der Waals surface area (Å²) in [6, 6.07) is 63.5. The fourth-order valence-corrected chi connectivity index (χ4v) is 13.3. The van der Waals surface area contributed by atoms with Gasteiger partial charge in [-0.2, -0.15) is 0 Å². The molecule has 0 saturated heterocycles. The largest absolute Gasteiger partial charge is 0.457 e. The molecule has 296 valence electrons. The van der Waals surface area contributed by atoms with Crippen LogP contribution in [-0.4, -0.2) is 0 Å². The summed E-state index contributed by atoms with van der Waals surface area (Å²) < 4.78 is 35.7. The van der Waals surface area contributed by atoms with Gasteiger partial charge in [-0.15, -0.1) is 0 Å². The molecular weight excluding hydrogens is 803 g/mol. The van der Waals surface area contributed by atoms with Gasteiger partial charge in [0.05, 0.1) is 10.6 Å². The van der Waals surface area contributed by atoms with Gasteiger partial charge in [-0.3, -0.25) is 0 Å². The smallest absolute Gasteiger partial charge is 0.253 e. The zero-order valence-corrected chi connectivity index (χ0v) is 35.5. The number of benzene rings is 10. The van der Waals surface area contributed by atoms with Crippen molar-refractivity contribution in [3.05, 3.63) is 193 Å². The molecule has 62 heavy (non-hydrogen) atoms. The SMILES string of the molecule is CC1(C)c2c(cccc2-p2oc3ccc4ccccc4c3c3c(ccc4ccccc43)o2)Oc2cccc(-p3oc4ccc5ccccc5c4c4c(ccc5ccccc54)o3)c21. The predicted octanol–water partition coefficient (Wildman–Crippen LogP) is 17.9. The van der Waals surface area contributed by atoms with E-state index in [9.17, 15) is 0 Å². The second kappa shape index (κ2) is 13.4. The average Bonchev–Trinajstić information content (AvgIpc) is 3.60. The van der Waals surface area contributed by atoms with E-state index in [0.29, 0.717) is 0 Å². The van der Waals surface area contributed by atoms with Crippen LogP contribution in [0.5, 0.6) is 11.5 Å². The maximum atomic E-state index is 7.18. The van der Waals surface area contributed by atoms with Crippen LogP contribution < -0.4 is 4.74 Å². The molecule has 0 amide bonds. The first kappa shape index (κ1) is 35.6. The second-order valence-electron chi connectivity index (χ2n) is 16.5. The first-order valence-electron chi connectivity index (χ1n) is 20.8. The Morgan fingerprint density at radius 2 is 0.629 bits per heavy atom. The van der Waals surface area contributed by atoms with Crippen molar-refractivity contribution < 1.29 is 21.5 Å². The lowest BCUT2D eigenvalue weighted by Crippen LogP contribution is -2.25. The maximum absolute atomic E-state index is 7.18. The summed E-state index contributed by atoms with van der Waals surface area (Å²) in [5.74, 6) is 1.55. The summed E-state index contributed by atoms with van der Waals surface area (Å²) in [6.45, 7) is 4.54. The Morgan fingerprint density at radius 1 is 0.323 bits per heavy atom.